The van der Waals surface area contributed by atoms with Gasteiger partial charge in [-0.3, -0.25) is 14.6 Å². The molecule has 0 spiro atoms. The number of amides is 1. The van der Waals surface area contributed by atoms with Gasteiger partial charge in [0, 0.05) is 42.8 Å². The van der Waals surface area contributed by atoms with E-state index in [-0.39, 0.29) is 11.6 Å². The predicted octanol–water partition coefficient (Wildman–Crippen LogP) is 4.97. The summed E-state index contributed by atoms with van der Waals surface area (Å²) in [5, 5.41) is 5.34. The lowest BCUT2D eigenvalue weighted by Gasteiger charge is -2.27. The lowest BCUT2D eigenvalue weighted by atomic mass is 10.1. The normalized spacial score (nSPS) is 14.6. The standard InChI is InChI=1S/C24H23ClN4O3S/c25-18-7-8-19-22(15-18)33-24(26-19)29(10-4-9-28-11-13-31-14-12-28)23(30)20-16-21(32-27-20)17-5-2-1-3-6-17/h1-3,5-8,15-16H,4,9-14H2. The van der Waals surface area contributed by atoms with Gasteiger partial charge in [0.15, 0.2) is 16.6 Å². The number of nitrogens with zero attached hydrogens (tertiary/aromatic N) is 4. The molecule has 0 saturated carbocycles. The summed E-state index contributed by atoms with van der Waals surface area (Å²) in [5.41, 5.74) is 1.95. The quantitative estimate of drug-likeness (QED) is 0.370. The molecule has 2 aromatic carbocycles. The third kappa shape index (κ3) is 5.09. The number of benzene rings is 2. The van der Waals surface area contributed by atoms with Gasteiger partial charge in [0.1, 0.15) is 0 Å². The molecular weight excluding hydrogens is 460 g/mol. The number of carbonyl (C=O) groups is 1. The molecule has 0 bridgehead atoms. The van der Waals surface area contributed by atoms with E-state index in [0.717, 1.165) is 55.0 Å². The molecule has 0 radical (unpaired) electrons. The van der Waals surface area contributed by atoms with Gasteiger partial charge in [-0.2, -0.15) is 0 Å². The van der Waals surface area contributed by atoms with Crippen LogP contribution >= 0.6 is 22.9 Å². The summed E-state index contributed by atoms with van der Waals surface area (Å²) in [4.78, 5) is 22.3. The fraction of sp³-hybridized carbons (Fsp3) is 0.292. The van der Waals surface area contributed by atoms with Gasteiger partial charge in [-0.15, -0.1) is 0 Å². The van der Waals surface area contributed by atoms with Crippen molar-refractivity contribution in [3.05, 3.63) is 65.3 Å². The summed E-state index contributed by atoms with van der Waals surface area (Å²) in [6, 6.07) is 16.9. The van der Waals surface area contributed by atoms with Crippen LogP contribution in [0.25, 0.3) is 21.5 Å². The van der Waals surface area contributed by atoms with Gasteiger partial charge in [0.25, 0.3) is 5.91 Å². The molecule has 1 aliphatic heterocycles. The number of carbonyl (C=O) groups excluding carboxylic acids is 1. The van der Waals surface area contributed by atoms with Gasteiger partial charge in [0.05, 0.1) is 23.4 Å². The zero-order valence-electron chi connectivity index (χ0n) is 17.9. The highest BCUT2D eigenvalue weighted by molar-refractivity contribution is 7.22. The van der Waals surface area contributed by atoms with Crippen molar-refractivity contribution in [2.45, 2.75) is 6.42 Å². The SMILES string of the molecule is O=C(c1cc(-c2ccccc2)on1)N(CCCN1CCOCC1)c1nc2ccc(Cl)cc2s1. The zero-order valence-corrected chi connectivity index (χ0v) is 19.5. The van der Waals surface area contributed by atoms with Gasteiger partial charge in [-0.1, -0.05) is 58.4 Å². The second-order valence-electron chi connectivity index (χ2n) is 7.82. The molecule has 2 aromatic heterocycles. The highest BCUT2D eigenvalue weighted by atomic mass is 35.5. The molecule has 1 amide bonds. The first kappa shape index (κ1) is 22.0. The number of morpholine rings is 1. The predicted molar refractivity (Wildman–Crippen MR) is 130 cm³/mol. The number of anilines is 1. The van der Waals surface area contributed by atoms with E-state index in [1.54, 1.807) is 11.0 Å². The van der Waals surface area contributed by atoms with Crippen molar-refractivity contribution >= 4 is 44.2 Å². The minimum atomic E-state index is -0.229. The van der Waals surface area contributed by atoms with E-state index in [1.165, 1.54) is 11.3 Å². The molecule has 3 heterocycles. The monoisotopic (exact) mass is 482 g/mol. The Morgan fingerprint density at radius 3 is 2.76 bits per heavy atom. The maximum absolute atomic E-state index is 13.5. The topological polar surface area (TPSA) is 71.7 Å². The van der Waals surface area contributed by atoms with E-state index < -0.39 is 0 Å². The lowest BCUT2D eigenvalue weighted by molar-refractivity contribution is 0.0376. The van der Waals surface area contributed by atoms with Crippen molar-refractivity contribution in [3.63, 3.8) is 0 Å². The number of rotatable bonds is 7. The van der Waals surface area contributed by atoms with Crippen molar-refractivity contribution < 1.29 is 14.1 Å². The van der Waals surface area contributed by atoms with Gasteiger partial charge < -0.3 is 9.26 Å². The van der Waals surface area contributed by atoms with Crippen LogP contribution in [0.3, 0.4) is 0 Å². The van der Waals surface area contributed by atoms with Crippen LogP contribution in [0.4, 0.5) is 5.13 Å². The van der Waals surface area contributed by atoms with Crippen molar-refractivity contribution in [1.82, 2.24) is 15.0 Å². The van der Waals surface area contributed by atoms with Crippen molar-refractivity contribution in [2.75, 3.05) is 44.3 Å². The van der Waals surface area contributed by atoms with Gasteiger partial charge in [-0.25, -0.2) is 4.98 Å². The zero-order chi connectivity index (χ0) is 22.6. The first-order valence-corrected chi connectivity index (χ1v) is 12.1. The number of hydrogen-bond acceptors (Lipinski definition) is 7. The first-order chi connectivity index (χ1) is 16.2. The maximum Gasteiger partial charge on any atom is 0.282 e. The number of fused-ring (bicyclic) bond motifs is 1. The van der Waals surface area contributed by atoms with Gasteiger partial charge >= 0.3 is 0 Å². The molecule has 4 aromatic rings. The molecule has 1 aliphatic rings. The van der Waals surface area contributed by atoms with Crippen molar-refractivity contribution in [3.8, 4) is 11.3 Å². The number of aromatic nitrogens is 2. The molecule has 0 N–H and O–H groups in total. The summed E-state index contributed by atoms with van der Waals surface area (Å²) in [6.07, 6.45) is 0.811. The maximum atomic E-state index is 13.5. The van der Waals surface area contributed by atoms with E-state index in [4.69, 9.17) is 25.8 Å². The second kappa shape index (κ2) is 10.0. The average molecular weight is 483 g/mol. The Balaban J connectivity index is 1.39. The van der Waals surface area contributed by atoms with Crippen LogP contribution in [0, 0.1) is 0 Å². The van der Waals surface area contributed by atoms with Crippen LogP contribution in [-0.4, -0.2) is 60.3 Å². The molecule has 7 nitrogen and oxygen atoms in total. The summed E-state index contributed by atoms with van der Waals surface area (Å²) < 4.78 is 11.8. The molecule has 0 unspecified atom stereocenters. The molecule has 170 valence electrons. The Morgan fingerprint density at radius 1 is 1.12 bits per heavy atom. The third-order valence-electron chi connectivity index (χ3n) is 5.56. The Hall–Kier alpha value is -2.78. The molecule has 0 aliphatic carbocycles. The van der Waals surface area contributed by atoms with E-state index in [1.807, 2.05) is 48.5 Å². The Morgan fingerprint density at radius 2 is 1.94 bits per heavy atom. The van der Waals surface area contributed by atoms with E-state index in [9.17, 15) is 4.79 Å². The highest BCUT2D eigenvalue weighted by Gasteiger charge is 2.25. The Bertz CT molecular complexity index is 1240. The first-order valence-electron chi connectivity index (χ1n) is 10.9. The number of thiazole rings is 1. The van der Waals surface area contributed by atoms with Crippen LogP contribution in [-0.2, 0) is 4.74 Å². The van der Waals surface area contributed by atoms with Crippen LogP contribution in [0.5, 0.6) is 0 Å². The Kier molecular flexibility index (Phi) is 6.68. The van der Waals surface area contributed by atoms with Crippen LogP contribution < -0.4 is 4.90 Å². The number of halogens is 1. The van der Waals surface area contributed by atoms with Gasteiger partial charge in [0.2, 0.25) is 0 Å². The fourth-order valence-electron chi connectivity index (χ4n) is 3.82. The van der Waals surface area contributed by atoms with E-state index >= 15 is 0 Å². The summed E-state index contributed by atoms with van der Waals surface area (Å²) in [5.74, 6) is 0.330. The Labute approximate surface area is 200 Å². The summed E-state index contributed by atoms with van der Waals surface area (Å²) in [7, 11) is 0. The lowest BCUT2D eigenvalue weighted by Crippen LogP contribution is -2.39. The second-order valence-corrected chi connectivity index (χ2v) is 9.26. The van der Waals surface area contributed by atoms with Crippen LogP contribution in [0.1, 0.15) is 16.9 Å². The third-order valence-corrected chi connectivity index (χ3v) is 6.84. The average Bonchev–Trinajstić information content (AvgIpc) is 3.50. The van der Waals surface area contributed by atoms with Crippen molar-refractivity contribution in [1.29, 1.82) is 0 Å². The molecular formula is C24H23ClN4O3S. The minimum Gasteiger partial charge on any atom is -0.379 e. The molecule has 9 heteroatoms. The van der Waals surface area contributed by atoms with Crippen molar-refractivity contribution in [2.24, 2.45) is 0 Å². The molecule has 0 atom stereocenters. The smallest absolute Gasteiger partial charge is 0.282 e. The number of hydrogen-bond donors (Lipinski definition) is 0. The van der Waals surface area contributed by atoms with Crippen LogP contribution in [0.2, 0.25) is 5.02 Å². The largest absolute Gasteiger partial charge is 0.379 e. The van der Waals surface area contributed by atoms with E-state index in [0.29, 0.717) is 22.5 Å². The fourth-order valence-corrected chi connectivity index (χ4v) is 5.08. The molecule has 1 fully saturated rings. The molecule has 33 heavy (non-hydrogen) atoms. The molecule has 1 saturated heterocycles. The van der Waals surface area contributed by atoms with Gasteiger partial charge in [-0.05, 0) is 24.6 Å². The van der Waals surface area contributed by atoms with Crippen LogP contribution in [0.15, 0.2) is 59.1 Å². The minimum absolute atomic E-state index is 0.229. The summed E-state index contributed by atoms with van der Waals surface area (Å²) in [6.45, 7) is 4.74. The van der Waals surface area contributed by atoms with E-state index in [2.05, 4.69) is 10.1 Å². The highest BCUT2D eigenvalue weighted by Crippen LogP contribution is 2.32. The summed E-state index contributed by atoms with van der Waals surface area (Å²) >= 11 is 7.61. The number of ether oxygens (including phenoxy) is 1. The molecule has 5 rings (SSSR count).